The number of phenols is 2. The molecule has 7 heteroatoms. The van der Waals surface area contributed by atoms with Gasteiger partial charge >= 0.3 is 0 Å². The zero-order chi connectivity index (χ0) is 17.0. The molecule has 23 heavy (non-hydrogen) atoms. The van der Waals surface area contributed by atoms with Gasteiger partial charge in [-0.15, -0.1) is 0 Å². The maximum Gasteiger partial charge on any atom is 0.193 e. The van der Waals surface area contributed by atoms with Crippen LogP contribution in [0.2, 0.25) is 0 Å². The van der Waals surface area contributed by atoms with E-state index >= 15 is 0 Å². The number of rotatable bonds is 4. The third kappa shape index (κ3) is 4.52. The normalized spacial score (nSPS) is 12.2. The first kappa shape index (κ1) is 16.4. The molecule has 2 rings (SSSR count). The number of hydrogen-bond acceptors (Lipinski definition) is 6. The van der Waals surface area contributed by atoms with Crippen LogP contribution in [0.25, 0.3) is 12.2 Å². The van der Waals surface area contributed by atoms with E-state index in [2.05, 4.69) is 0 Å². The van der Waals surface area contributed by atoms with Gasteiger partial charge in [0, 0.05) is 10.8 Å². The van der Waals surface area contributed by atoms with E-state index in [4.69, 9.17) is 11.5 Å². The number of nitrogens with two attached hydrogens (primary N) is 2. The third-order valence-electron chi connectivity index (χ3n) is 3.01. The van der Waals surface area contributed by atoms with Crippen molar-refractivity contribution in [3.05, 3.63) is 58.3 Å². The van der Waals surface area contributed by atoms with E-state index in [-0.39, 0.29) is 22.9 Å². The van der Waals surface area contributed by atoms with E-state index in [1.165, 1.54) is 36.4 Å². The fourth-order valence-corrected chi connectivity index (χ4v) is 2.51. The monoisotopic (exact) mass is 332 g/mol. The second-order valence-electron chi connectivity index (χ2n) is 4.83. The molecule has 0 saturated heterocycles. The van der Waals surface area contributed by atoms with E-state index in [1.807, 2.05) is 0 Å². The summed E-state index contributed by atoms with van der Waals surface area (Å²) >= 11 is 0. The summed E-state index contributed by atoms with van der Waals surface area (Å²) in [5.74, 6) is -0.227. The van der Waals surface area contributed by atoms with Gasteiger partial charge in [-0.1, -0.05) is 12.1 Å². The second kappa shape index (κ2) is 6.45. The molecule has 0 amide bonds. The van der Waals surface area contributed by atoms with Crippen molar-refractivity contribution in [2.24, 2.45) is 0 Å². The van der Waals surface area contributed by atoms with Gasteiger partial charge in [0.2, 0.25) is 0 Å². The number of phenolic OH excluding ortho intramolecular Hbond substituents is 2. The predicted molar refractivity (Wildman–Crippen MR) is 92.0 cm³/mol. The molecule has 0 fully saturated rings. The van der Waals surface area contributed by atoms with E-state index in [9.17, 15) is 18.6 Å². The van der Waals surface area contributed by atoms with E-state index < -0.39 is 9.84 Å². The Kier molecular flexibility index (Phi) is 4.61. The minimum absolute atomic E-state index is 0.113. The zero-order valence-corrected chi connectivity index (χ0v) is 12.9. The minimum atomic E-state index is -3.61. The second-order valence-corrected chi connectivity index (χ2v) is 6.55. The van der Waals surface area contributed by atoms with Crippen LogP contribution in [0.5, 0.6) is 11.5 Å². The van der Waals surface area contributed by atoms with Crippen LogP contribution >= 0.6 is 0 Å². The van der Waals surface area contributed by atoms with Crippen molar-refractivity contribution >= 4 is 33.4 Å². The Balaban J connectivity index is 2.17. The molecule has 0 aliphatic rings. The molecule has 0 saturated carbocycles. The molecule has 120 valence electrons. The molecule has 2 aromatic rings. The molecule has 6 nitrogen and oxygen atoms in total. The molecule has 6 N–H and O–H groups in total. The molecular formula is C16H16N2O4S. The van der Waals surface area contributed by atoms with E-state index in [1.54, 1.807) is 12.1 Å². The van der Waals surface area contributed by atoms with Gasteiger partial charge < -0.3 is 21.7 Å². The van der Waals surface area contributed by atoms with Gasteiger partial charge in [-0.2, -0.15) is 0 Å². The summed E-state index contributed by atoms with van der Waals surface area (Å²) < 4.78 is 23.9. The van der Waals surface area contributed by atoms with Gasteiger partial charge in [-0.3, -0.25) is 0 Å². The van der Waals surface area contributed by atoms with Crippen molar-refractivity contribution in [1.29, 1.82) is 0 Å². The minimum Gasteiger partial charge on any atom is -0.506 e. The molecule has 0 unspecified atom stereocenters. The van der Waals surface area contributed by atoms with Crippen molar-refractivity contribution in [3.63, 3.8) is 0 Å². The van der Waals surface area contributed by atoms with Gasteiger partial charge in [0.25, 0.3) is 0 Å². The molecule has 0 spiro atoms. The van der Waals surface area contributed by atoms with Crippen LogP contribution in [0.1, 0.15) is 11.1 Å². The van der Waals surface area contributed by atoms with Gasteiger partial charge in [-0.05, 0) is 47.5 Å². The summed E-state index contributed by atoms with van der Waals surface area (Å²) in [6.07, 6.45) is 2.69. The fraction of sp³-hybridized carbons (Fsp3) is 0. The molecule has 0 aliphatic heterocycles. The van der Waals surface area contributed by atoms with Gasteiger partial charge in [-0.25, -0.2) is 8.42 Å². The van der Waals surface area contributed by atoms with Gasteiger partial charge in [0.1, 0.15) is 11.5 Å². The highest BCUT2D eigenvalue weighted by atomic mass is 32.2. The zero-order valence-electron chi connectivity index (χ0n) is 12.0. The maximum absolute atomic E-state index is 11.9. The number of nitrogen functional groups attached to an aromatic ring is 2. The SMILES string of the molecule is Nc1ccc(C=CS(=O)(=O)C=Cc2ccc(N)c(O)c2)cc1O. The van der Waals surface area contributed by atoms with Gasteiger partial charge in [0.05, 0.1) is 11.4 Å². The lowest BCUT2D eigenvalue weighted by Crippen LogP contribution is -1.89. The lowest BCUT2D eigenvalue weighted by atomic mass is 10.2. The number of sulfone groups is 1. The highest BCUT2D eigenvalue weighted by Gasteiger charge is 2.02. The van der Waals surface area contributed by atoms with Crippen LogP contribution in [0.15, 0.2) is 47.2 Å². The Morgan fingerprint density at radius 1 is 0.783 bits per heavy atom. The first-order chi connectivity index (χ1) is 10.8. The number of aromatic hydroxyl groups is 2. The largest absolute Gasteiger partial charge is 0.506 e. The summed E-state index contributed by atoms with van der Waals surface area (Å²) in [5, 5.41) is 21.0. The lowest BCUT2D eigenvalue weighted by molar-refractivity contribution is 0.477. The molecule has 0 atom stereocenters. The van der Waals surface area contributed by atoms with Crippen molar-refractivity contribution in [3.8, 4) is 11.5 Å². The molecule has 2 aromatic carbocycles. The molecular weight excluding hydrogens is 316 g/mol. The van der Waals surface area contributed by atoms with Crippen LogP contribution in [0.3, 0.4) is 0 Å². The first-order valence-corrected chi connectivity index (χ1v) is 8.16. The highest BCUT2D eigenvalue weighted by Crippen LogP contribution is 2.23. The Bertz CT molecular complexity index is 819. The van der Waals surface area contributed by atoms with Crippen LogP contribution in [-0.2, 0) is 9.84 Å². The van der Waals surface area contributed by atoms with Crippen LogP contribution in [0, 0.1) is 0 Å². The fourth-order valence-electron chi connectivity index (χ4n) is 1.72. The third-order valence-corrected chi connectivity index (χ3v) is 4.04. The summed E-state index contributed by atoms with van der Waals surface area (Å²) in [7, 11) is -3.61. The average Bonchev–Trinajstić information content (AvgIpc) is 2.50. The predicted octanol–water partition coefficient (Wildman–Crippen LogP) is 2.32. The van der Waals surface area contributed by atoms with Crippen LogP contribution in [0.4, 0.5) is 11.4 Å². The Morgan fingerprint density at radius 2 is 1.17 bits per heavy atom. The van der Waals surface area contributed by atoms with Crippen molar-refractivity contribution in [1.82, 2.24) is 0 Å². The molecule has 0 radical (unpaired) electrons. The molecule has 0 aliphatic carbocycles. The van der Waals surface area contributed by atoms with Crippen molar-refractivity contribution in [2.45, 2.75) is 0 Å². The summed E-state index contributed by atoms with van der Waals surface area (Å²) in [6, 6.07) is 8.86. The molecule has 0 heterocycles. The van der Waals surface area contributed by atoms with E-state index in [0.717, 1.165) is 10.8 Å². The Labute approximate surface area is 133 Å². The van der Waals surface area contributed by atoms with Gasteiger partial charge in [0.15, 0.2) is 9.84 Å². The summed E-state index contributed by atoms with van der Waals surface area (Å²) in [5.41, 5.74) is 12.4. The number of benzene rings is 2. The molecule has 0 aromatic heterocycles. The summed E-state index contributed by atoms with van der Waals surface area (Å²) in [4.78, 5) is 0. The van der Waals surface area contributed by atoms with Crippen LogP contribution in [-0.4, -0.2) is 18.6 Å². The Hall–Kier alpha value is -2.93. The van der Waals surface area contributed by atoms with Crippen molar-refractivity contribution in [2.75, 3.05) is 11.5 Å². The quantitative estimate of drug-likeness (QED) is 0.503. The lowest BCUT2D eigenvalue weighted by Gasteiger charge is -2.00. The standard InChI is InChI=1S/C16H16N2O4S/c17-13-3-1-11(9-15(13)19)5-7-23(21,22)8-6-12-2-4-14(18)16(20)10-12/h1-10,19-20H,17-18H2. The molecule has 0 bridgehead atoms. The smallest absolute Gasteiger partial charge is 0.193 e. The topological polar surface area (TPSA) is 127 Å². The van der Waals surface area contributed by atoms with E-state index in [0.29, 0.717) is 11.1 Å². The Morgan fingerprint density at radius 3 is 1.52 bits per heavy atom. The maximum atomic E-state index is 11.9. The first-order valence-electron chi connectivity index (χ1n) is 6.55. The number of anilines is 2. The highest BCUT2D eigenvalue weighted by molar-refractivity contribution is 7.97. The number of hydrogen-bond donors (Lipinski definition) is 4. The summed E-state index contributed by atoms with van der Waals surface area (Å²) in [6.45, 7) is 0. The average molecular weight is 332 g/mol. The van der Waals surface area contributed by atoms with Crippen LogP contribution < -0.4 is 11.5 Å². The van der Waals surface area contributed by atoms with Crippen molar-refractivity contribution < 1.29 is 18.6 Å².